The Morgan fingerprint density at radius 1 is 1.55 bits per heavy atom. The molecule has 1 unspecified atom stereocenters. The van der Waals surface area contributed by atoms with Crippen molar-refractivity contribution in [2.24, 2.45) is 0 Å². The zero-order valence-corrected chi connectivity index (χ0v) is 11.5. The molecular weight excluding hydrogens is 258 g/mol. The summed E-state index contributed by atoms with van der Waals surface area (Å²) in [5, 5.41) is 8.80. The maximum Gasteiger partial charge on any atom is 0.323 e. The predicted octanol–water partition coefficient (Wildman–Crippen LogP) is 1.16. The molecule has 0 saturated heterocycles. The van der Waals surface area contributed by atoms with Crippen LogP contribution in [0.1, 0.15) is 32.2 Å². The highest BCUT2D eigenvalue weighted by Crippen LogP contribution is 2.19. The maximum absolute atomic E-state index is 12.2. The highest BCUT2D eigenvalue weighted by Gasteiger charge is 2.21. The molecule has 1 N–H and O–H groups in total. The summed E-state index contributed by atoms with van der Waals surface area (Å²) in [6.07, 6.45) is 12.3. The molecule has 0 fully saturated rings. The Hall–Kier alpha value is -2.29. The number of amides is 1. The number of imidazole rings is 1. The molecule has 20 heavy (non-hydrogen) atoms. The summed E-state index contributed by atoms with van der Waals surface area (Å²) in [4.78, 5) is 28.1. The molecule has 1 atom stereocenters. The Kier molecular flexibility index (Phi) is 6.30. The summed E-state index contributed by atoms with van der Waals surface area (Å²) in [5.74, 6) is 0.998. The third-order valence-corrected chi connectivity index (χ3v) is 2.94. The van der Waals surface area contributed by atoms with Gasteiger partial charge in [-0.15, -0.1) is 6.42 Å². The van der Waals surface area contributed by atoms with E-state index in [0.29, 0.717) is 0 Å². The first-order valence-corrected chi connectivity index (χ1v) is 6.49. The van der Waals surface area contributed by atoms with Gasteiger partial charge >= 0.3 is 5.97 Å². The fraction of sp³-hybridized carbons (Fsp3) is 0.500. The Balaban J connectivity index is 2.73. The van der Waals surface area contributed by atoms with E-state index >= 15 is 0 Å². The van der Waals surface area contributed by atoms with Gasteiger partial charge in [-0.1, -0.05) is 19.3 Å². The van der Waals surface area contributed by atoms with Gasteiger partial charge in [-0.25, -0.2) is 4.98 Å². The number of hydrogen-bond acceptors (Lipinski definition) is 3. The largest absolute Gasteiger partial charge is 0.480 e. The van der Waals surface area contributed by atoms with Crippen LogP contribution in [0.4, 0.5) is 0 Å². The van der Waals surface area contributed by atoms with Crippen LogP contribution < -0.4 is 0 Å². The van der Waals surface area contributed by atoms with Crippen LogP contribution in [-0.4, -0.2) is 44.5 Å². The average molecular weight is 277 g/mol. The quantitative estimate of drug-likeness (QED) is 0.723. The monoisotopic (exact) mass is 277 g/mol. The van der Waals surface area contributed by atoms with Crippen LogP contribution in [0.5, 0.6) is 0 Å². The van der Waals surface area contributed by atoms with Crippen molar-refractivity contribution in [1.82, 2.24) is 14.5 Å². The number of rotatable bonds is 8. The molecule has 1 amide bonds. The van der Waals surface area contributed by atoms with Crippen molar-refractivity contribution >= 4 is 11.9 Å². The molecule has 108 valence electrons. The van der Waals surface area contributed by atoms with Gasteiger partial charge in [0.25, 0.3) is 0 Å². The summed E-state index contributed by atoms with van der Waals surface area (Å²) >= 11 is 0. The number of aliphatic carboxylic acids is 1. The van der Waals surface area contributed by atoms with Crippen LogP contribution in [0.3, 0.4) is 0 Å². The molecule has 0 aliphatic heterocycles. The first-order chi connectivity index (χ1) is 9.58. The second-order valence-electron chi connectivity index (χ2n) is 4.50. The molecule has 0 aliphatic rings. The summed E-state index contributed by atoms with van der Waals surface area (Å²) in [6.45, 7) is 1.67. The number of carboxylic acids is 1. The smallest absolute Gasteiger partial charge is 0.323 e. The third-order valence-electron chi connectivity index (χ3n) is 2.94. The normalized spacial score (nSPS) is 11.6. The Labute approximate surface area is 118 Å². The lowest BCUT2D eigenvalue weighted by Gasteiger charge is -2.22. The molecule has 0 aromatic carbocycles. The topological polar surface area (TPSA) is 75.4 Å². The van der Waals surface area contributed by atoms with Crippen molar-refractivity contribution in [2.75, 3.05) is 13.1 Å². The minimum absolute atomic E-state index is 0.00784. The standard InChI is InChI=1S/C14H19N3O3/c1-3-5-12(17-8-6-15-11-17)9-13(18)16(7-4-2)10-14(19)20/h2,6,8,11-12H,3,5,7,9-10H2,1H3,(H,19,20). The maximum atomic E-state index is 12.2. The van der Waals surface area contributed by atoms with E-state index in [1.54, 1.807) is 18.7 Å². The Bertz CT molecular complexity index is 476. The number of terminal acetylenes is 1. The van der Waals surface area contributed by atoms with E-state index in [9.17, 15) is 9.59 Å². The number of carbonyl (C=O) groups is 2. The van der Waals surface area contributed by atoms with Crippen LogP contribution in [-0.2, 0) is 9.59 Å². The van der Waals surface area contributed by atoms with Gasteiger partial charge in [0.2, 0.25) is 5.91 Å². The van der Waals surface area contributed by atoms with Gasteiger partial charge in [-0.05, 0) is 6.42 Å². The number of carbonyl (C=O) groups excluding carboxylic acids is 1. The van der Waals surface area contributed by atoms with Crippen molar-refractivity contribution in [3.8, 4) is 12.3 Å². The number of aromatic nitrogens is 2. The second-order valence-corrected chi connectivity index (χ2v) is 4.50. The lowest BCUT2D eigenvalue weighted by Crippen LogP contribution is -2.37. The van der Waals surface area contributed by atoms with Crippen LogP contribution >= 0.6 is 0 Å². The Morgan fingerprint density at radius 3 is 2.80 bits per heavy atom. The van der Waals surface area contributed by atoms with Gasteiger partial charge in [0.15, 0.2) is 0 Å². The Morgan fingerprint density at radius 2 is 2.30 bits per heavy atom. The van der Waals surface area contributed by atoms with Crippen molar-refractivity contribution in [3.63, 3.8) is 0 Å². The van der Waals surface area contributed by atoms with Gasteiger partial charge in [-0.2, -0.15) is 0 Å². The zero-order valence-electron chi connectivity index (χ0n) is 11.5. The summed E-state index contributed by atoms with van der Waals surface area (Å²) < 4.78 is 1.87. The summed E-state index contributed by atoms with van der Waals surface area (Å²) in [5.41, 5.74) is 0. The predicted molar refractivity (Wildman–Crippen MR) is 73.8 cm³/mol. The molecule has 0 spiro atoms. The fourth-order valence-corrected chi connectivity index (χ4v) is 2.01. The minimum Gasteiger partial charge on any atom is -0.480 e. The molecule has 0 aliphatic carbocycles. The number of carboxylic acid groups (broad SMARTS) is 1. The summed E-state index contributed by atoms with van der Waals surface area (Å²) in [7, 11) is 0. The molecule has 1 aromatic heterocycles. The lowest BCUT2D eigenvalue weighted by molar-refractivity contribution is -0.144. The van der Waals surface area contributed by atoms with Crippen LogP contribution in [0.25, 0.3) is 0 Å². The second kappa shape index (κ2) is 8.00. The van der Waals surface area contributed by atoms with E-state index in [-0.39, 0.29) is 31.5 Å². The minimum atomic E-state index is -1.07. The van der Waals surface area contributed by atoms with Crippen molar-refractivity contribution in [1.29, 1.82) is 0 Å². The van der Waals surface area contributed by atoms with Crippen molar-refractivity contribution in [3.05, 3.63) is 18.7 Å². The fourth-order valence-electron chi connectivity index (χ4n) is 2.01. The number of hydrogen-bond donors (Lipinski definition) is 1. The van der Waals surface area contributed by atoms with Crippen molar-refractivity contribution in [2.45, 2.75) is 32.2 Å². The molecule has 6 heteroatoms. The van der Waals surface area contributed by atoms with E-state index in [1.165, 1.54) is 4.90 Å². The SMILES string of the molecule is C#CCN(CC(=O)O)C(=O)CC(CCC)n1ccnc1. The third kappa shape index (κ3) is 4.76. The van der Waals surface area contributed by atoms with Crippen LogP contribution in [0.2, 0.25) is 0 Å². The van der Waals surface area contributed by atoms with E-state index in [2.05, 4.69) is 10.9 Å². The molecule has 0 bridgehead atoms. The molecule has 6 nitrogen and oxygen atoms in total. The average Bonchev–Trinajstić information content (AvgIpc) is 2.91. The molecule has 0 radical (unpaired) electrons. The lowest BCUT2D eigenvalue weighted by atomic mass is 10.1. The molecule has 1 heterocycles. The number of nitrogens with zero attached hydrogens (tertiary/aromatic N) is 3. The highest BCUT2D eigenvalue weighted by molar-refractivity contribution is 5.81. The highest BCUT2D eigenvalue weighted by atomic mass is 16.4. The zero-order chi connectivity index (χ0) is 15.0. The first-order valence-electron chi connectivity index (χ1n) is 6.49. The van der Waals surface area contributed by atoms with Gasteiger partial charge in [0.1, 0.15) is 6.54 Å². The molecule has 0 saturated carbocycles. The van der Waals surface area contributed by atoms with E-state index < -0.39 is 5.97 Å². The van der Waals surface area contributed by atoms with Gasteiger partial charge in [0.05, 0.1) is 12.9 Å². The molecule has 1 rings (SSSR count). The van der Waals surface area contributed by atoms with E-state index in [0.717, 1.165) is 12.8 Å². The van der Waals surface area contributed by atoms with Gasteiger partial charge < -0.3 is 14.6 Å². The summed E-state index contributed by atoms with van der Waals surface area (Å²) in [6, 6.07) is -0.0240. The van der Waals surface area contributed by atoms with E-state index in [1.807, 2.05) is 11.5 Å². The van der Waals surface area contributed by atoms with E-state index in [4.69, 9.17) is 11.5 Å². The molecular formula is C14H19N3O3. The van der Waals surface area contributed by atoms with Crippen molar-refractivity contribution < 1.29 is 14.7 Å². The van der Waals surface area contributed by atoms with Crippen LogP contribution in [0, 0.1) is 12.3 Å². The van der Waals surface area contributed by atoms with Gasteiger partial charge in [0, 0.05) is 24.9 Å². The van der Waals surface area contributed by atoms with Gasteiger partial charge in [-0.3, -0.25) is 9.59 Å². The first kappa shape index (κ1) is 15.8. The molecule has 1 aromatic rings. The van der Waals surface area contributed by atoms with Crippen LogP contribution in [0.15, 0.2) is 18.7 Å².